The monoisotopic (exact) mass is 239 g/mol. The molecule has 0 bridgehead atoms. The number of hydrogen-bond donors (Lipinski definition) is 3. The van der Waals surface area contributed by atoms with Crippen molar-refractivity contribution in [1.29, 1.82) is 0 Å². The Morgan fingerprint density at radius 2 is 1.94 bits per heavy atom. The molecule has 0 radical (unpaired) electrons. The summed E-state index contributed by atoms with van der Waals surface area (Å²) < 4.78 is 0. The second-order valence-electron chi connectivity index (χ2n) is 4.97. The number of rotatable bonds is 5. The number of nitrogens with one attached hydrogen (secondary N) is 3. The van der Waals surface area contributed by atoms with Gasteiger partial charge in [-0.05, 0) is 32.2 Å². The van der Waals surface area contributed by atoms with Crippen LogP contribution < -0.4 is 16.0 Å². The molecule has 2 amide bonds. The molecule has 3 N–H and O–H groups in total. The predicted octanol–water partition coefficient (Wildman–Crippen LogP) is -0.0866. The van der Waals surface area contributed by atoms with Crippen molar-refractivity contribution in [2.24, 2.45) is 0 Å². The van der Waals surface area contributed by atoms with Crippen molar-refractivity contribution in [1.82, 2.24) is 16.0 Å². The van der Waals surface area contributed by atoms with E-state index in [9.17, 15) is 9.59 Å². The molecule has 0 aromatic carbocycles. The van der Waals surface area contributed by atoms with Crippen LogP contribution >= 0.6 is 0 Å². The van der Waals surface area contributed by atoms with Crippen LogP contribution in [-0.2, 0) is 9.59 Å². The molecule has 2 rings (SSSR count). The molecule has 1 saturated heterocycles. The minimum absolute atomic E-state index is 0.0321. The van der Waals surface area contributed by atoms with Gasteiger partial charge in [0.25, 0.3) is 0 Å². The van der Waals surface area contributed by atoms with Crippen molar-refractivity contribution >= 4 is 11.8 Å². The van der Waals surface area contributed by atoms with Crippen LogP contribution in [0, 0.1) is 0 Å². The van der Waals surface area contributed by atoms with Gasteiger partial charge in [0.15, 0.2) is 0 Å². The van der Waals surface area contributed by atoms with Gasteiger partial charge in [-0.15, -0.1) is 0 Å². The normalized spacial score (nSPS) is 24.1. The highest BCUT2D eigenvalue weighted by molar-refractivity contribution is 5.85. The first kappa shape index (κ1) is 12.4. The average Bonchev–Trinajstić information content (AvgIpc) is 3.12. The quantitative estimate of drug-likeness (QED) is 0.628. The molecule has 2 aliphatic rings. The minimum Gasteiger partial charge on any atom is -0.352 e. The molecule has 0 spiro atoms. The topological polar surface area (TPSA) is 70.2 Å². The third-order valence-corrected chi connectivity index (χ3v) is 3.23. The van der Waals surface area contributed by atoms with Crippen molar-refractivity contribution in [3.8, 4) is 0 Å². The molecule has 2 fully saturated rings. The fourth-order valence-corrected chi connectivity index (χ4v) is 2.08. The van der Waals surface area contributed by atoms with Crippen molar-refractivity contribution < 1.29 is 9.59 Å². The molecule has 1 atom stereocenters. The summed E-state index contributed by atoms with van der Waals surface area (Å²) in [5, 5.41) is 8.83. The second-order valence-corrected chi connectivity index (χ2v) is 4.97. The summed E-state index contributed by atoms with van der Waals surface area (Å²) in [7, 11) is 0. The first-order valence-electron chi connectivity index (χ1n) is 6.53. The molecule has 5 nitrogen and oxygen atoms in total. The van der Waals surface area contributed by atoms with Gasteiger partial charge in [0.05, 0.1) is 6.54 Å². The molecule has 0 aromatic heterocycles. The predicted molar refractivity (Wildman–Crippen MR) is 64.4 cm³/mol. The third-order valence-electron chi connectivity index (χ3n) is 3.23. The minimum atomic E-state index is -0.0718. The summed E-state index contributed by atoms with van der Waals surface area (Å²) in [4.78, 5) is 22.9. The Hall–Kier alpha value is -1.10. The van der Waals surface area contributed by atoms with Crippen LogP contribution in [0.25, 0.3) is 0 Å². The Labute approximate surface area is 102 Å². The zero-order valence-electron chi connectivity index (χ0n) is 10.1. The Bertz CT molecular complexity index is 283. The van der Waals surface area contributed by atoms with E-state index >= 15 is 0 Å². The van der Waals surface area contributed by atoms with Gasteiger partial charge in [-0.3, -0.25) is 9.59 Å². The molecule has 17 heavy (non-hydrogen) atoms. The van der Waals surface area contributed by atoms with Crippen LogP contribution in [0.15, 0.2) is 0 Å². The van der Waals surface area contributed by atoms with Gasteiger partial charge in [-0.2, -0.15) is 0 Å². The Morgan fingerprint density at radius 3 is 2.59 bits per heavy atom. The Morgan fingerprint density at radius 1 is 1.12 bits per heavy atom. The molecule has 1 saturated carbocycles. The standard InChI is InChI=1S/C12H21N3O2/c16-11(7-10-3-1-2-6-13-10)14-8-12(17)15-9-4-5-9/h9-10,13H,1-8H2,(H,14,16)(H,15,17). The molecule has 1 heterocycles. The SMILES string of the molecule is O=C(CC1CCCCN1)NCC(=O)NC1CC1. The van der Waals surface area contributed by atoms with E-state index in [2.05, 4.69) is 16.0 Å². The fourth-order valence-electron chi connectivity index (χ4n) is 2.08. The third kappa shape index (κ3) is 4.73. The van der Waals surface area contributed by atoms with E-state index in [4.69, 9.17) is 0 Å². The largest absolute Gasteiger partial charge is 0.352 e. The van der Waals surface area contributed by atoms with E-state index in [1.165, 1.54) is 12.8 Å². The van der Waals surface area contributed by atoms with Crippen LogP contribution in [0.2, 0.25) is 0 Å². The summed E-state index contributed by atoms with van der Waals surface area (Å²) in [5.74, 6) is -0.104. The first-order valence-corrected chi connectivity index (χ1v) is 6.53. The molecular formula is C12H21N3O2. The second kappa shape index (κ2) is 6.00. The van der Waals surface area contributed by atoms with Crippen LogP contribution in [0.3, 0.4) is 0 Å². The van der Waals surface area contributed by atoms with E-state index < -0.39 is 0 Å². The van der Waals surface area contributed by atoms with Gasteiger partial charge in [0.1, 0.15) is 0 Å². The van der Waals surface area contributed by atoms with Gasteiger partial charge in [0, 0.05) is 18.5 Å². The number of carbonyl (C=O) groups is 2. The lowest BCUT2D eigenvalue weighted by atomic mass is 10.0. The number of carbonyl (C=O) groups excluding carboxylic acids is 2. The number of hydrogen-bond acceptors (Lipinski definition) is 3. The summed E-state index contributed by atoms with van der Waals surface area (Å²) in [5.41, 5.74) is 0. The maximum atomic E-state index is 11.6. The van der Waals surface area contributed by atoms with Gasteiger partial charge < -0.3 is 16.0 Å². The maximum absolute atomic E-state index is 11.6. The zero-order chi connectivity index (χ0) is 12.1. The Balaban J connectivity index is 1.57. The van der Waals surface area contributed by atoms with E-state index in [0.29, 0.717) is 12.5 Å². The highest BCUT2D eigenvalue weighted by atomic mass is 16.2. The van der Waals surface area contributed by atoms with Crippen LogP contribution in [0.5, 0.6) is 0 Å². The smallest absolute Gasteiger partial charge is 0.239 e. The lowest BCUT2D eigenvalue weighted by Gasteiger charge is -2.22. The molecule has 96 valence electrons. The van der Waals surface area contributed by atoms with E-state index in [1.54, 1.807) is 0 Å². The summed E-state index contributed by atoms with van der Waals surface area (Å²) in [6.45, 7) is 1.11. The van der Waals surface area contributed by atoms with Gasteiger partial charge >= 0.3 is 0 Å². The lowest BCUT2D eigenvalue weighted by molar-refractivity contribution is -0.126. The molecule has 1 aliphatic heterocycles. The zero-order valence-corrected chi connectivity index (χ0v) is 10.1. The average molecular weight is 239 g/mol. The maximum Gasteiger partial charge on any atom is 0.239 e. The highest BCUT2D eigenvalue weighted by Gasteiger charge is 2.23. The lowest BCUT2D eigenvalue weighted by Crippen LogP contribution is -2.42. The highest BCUT2D eigenvalue weighted by Crippen LogP contribution is 2.18. The number of piperidine rings is 1. The molecular weight excluding hydrogens is 218 g/mol. The molecule has 1 unspecified atom stereocenters. The summed E-state index contributed by atoms with van der Waals surface area (Å²) in [6.07, 6.45) is 6.07. The van der Waals surface area contributed by atoms with Gasteiger partial charge in [0.2, 0.25) is 11.8 Å². The van der Waals surface area contributed by atoms with Gasteiger partial charge in [-0.25, -0.2) is 0 Å². The summed E-state index contributed by atoms with van der Waals surface area (Å²) in [6, 6.07) is 0.648. The first-order chi connectivity index (χ1) is 8.24. The van der Waals surface area contributed by atoms with Crippen LogP contribution in [0.1, 0.15) is 38.5 Å². The molecule has 1 aliphatic carbocycles. The van der Waals surface area contributed by atoms with E-state index in [0.717, 1.165) is 25.8 Å². The Kier molecular flexibility index (Phi) is 4.36. The van der Waals surface area contributed by atoms with Crippen molar-refractivity contribution in [2.75, 3.05) is 13.1 Å². The molecule has 5 heteroatoms. The van der Waals surface area contributed by atoms with Gasteiger partial charge in [-0.1, -0.05) is 6.42 Å². The summed E-state index contributed by atoms with van der Waals surface area (Å²) >= 11 is 0. The van der Waals surface area contributed by atoms with Crippen molar-refractivity contribution in [3.63, 3.8) is 0 Å². The van der Waals surface area contributed by atoms with E-state index in [1.807, 2.05) is 0 Å². The van der Waals surface area contributed by atoms with Crippen LogP contribution in [0.4, 0.5) is 0 Å². The molecule has 0 aromatic rings. The number of amides is 2. The van der Waals surface area contributed by atoms with E-state index in [-0.39, 0.29) is 24.4 Å². The van der Waals surface area contributed by atoms with Crippen LogP contribution in [-0.4, -0.2) is 37.0 Å². The fraction of sp³-hybridized carbons (Fsp3) is 0.833. The van der Waals surface area contributed by atoms with Crippen molar-refractivity contribution in [2.45, 2.75) is 50.6 Å². The van der Waals surface area contributed by atoms with Crippen molar-refractivity contribution in [3.05, 3.63) is 0 Å².